The third kappa shape index (κ3) is 3.57. The molecule has 0 fully saturated rings. The summed E-state index contributed by atoms with van der Waals surface area (Å²) < 4.78 is 0. The Hall–Kier alpha value is -1.86. The second-order valence-electron chi connectivity index (χ2n) is 4.66. The molecule has 0 heterocycles. The topological polar surface area (TPSA) is 73.1 Å². The van der Waals surface area contributed by atoms with E-state index >= 15 is 0 Å². The van der Waals surface area contributed by atoms with Crippen molar-refractivity contribution >= 4 is 5.91 Å². The van der Waals surface area contributed by atoms with E-state index in [0.29, 0.717) is 11.1 Å². The number of aliphatic hydroxyl groups excluding tert-OH is 1. The Morgan fingerprint density at radius 3 is 2.67 bits per heavy atom. The van der Waals surface area contributed by atoms with Gasteiger partial charge in [-0.3, -0.25) is 4.79 Å². The maximum Gasteiger partial charge on any atom is 0.251 e. The molecule has 96 valence electrons. The van der Waals surface area contributed by atoms with E-state index in [4.69, 9.17) is 5.26 Å². The molecule has 0 radical (unpaired) electrons. The summed E-state index contributed by atoms with van der Waals surface area (Å²) in [6.45, 7) is 5.80. The molecule has 1 aromatic rings. The van der Waals surface area contributed by atoms with Gasteiger partial charge >= 0.3 is 0 Å². The monoisotopic (exact) mass is 246 g/mol. The highest BCUT2D eigenvalue weighted by atomic mass is 16.3. The quantitative estimate of drug-likeness (QED) is 0.847. The van der Waals surface area contributed by atoms with Crippen LogP contribution in [-0.2, 0) is 0 Å². The summed E-state index contributed by atoms with van der Waals surface area (Å²) in [4.78, 5) is 11.9. The van der Waals surface area contributed by atoms with Crippen LogP contribution in [0, 0.1) is 24.2 Å². The van der Waals surface area contributed by atoms with Crippen molar-refractivity contribution in [3.63, 3.8) is 0 Å². The van der Waals surface area contributed by atoms with E-state index in [9.17, 15) is 9.90 Å². The average Bonchev–Trinajstić information content (AvgIpc) is 2.34. The molecule has 0 bridgehead atoms. The van der Waals surface area contributed by atoms with Gasteiger partial charge in [0.2, 0.25) is 0 Å². The molecule has 2 N–H and O–H groups in total. The number of carbonyl (C=O) groups is 1. The van der Waals surface area contributed by atoms with Crippen LogP contribution < -0.4 is 5.32 Å². The van der Waals surface area contributed by atoms with Crippen LogP contribution in [0.5, 0.6) is 0 Å². The number of benzene rings is 1. The Morgan fingerprint density at radius 2 is 2.17 bits per heavy atom. The molecule has 4 heteroatoms. The molecule has 0 aliphatic carbocycles. The minimum atomic E-state index is -0.548. The first kappa shape index (κ1) is 14.2. The maximum absolute atomic E-state index is 11.9. The Kier molecular flexibility index (Phi) is 4.87. The number of amides is 1. The van der Waals surface area contributed by atoms with Crippen LogP contribution in [0.2, 0.25) is 0 Å². The minimum Gasteiger partial charge on any atom is -0.391 e. The van der Waals surface area contributed by atoms with Crippen LogP contribution in [0.1, 0.15) is 35.3 Å². The molecular weight excluding hydrogens is 228 g/mol. The second kappa shape index (κ2) is 6.18. The molecular formula is C14H18N2O2. The zero-order valence-electron chi connectivity index (χ0n) is 10.9. The van der Waals surface area contributed by atoms with Gasteiger partial charge in [0.15, 0.2) is 0 Å². The summed E-state index contributed by atoms with van der Waals surface area (Å²) in [5, 5.41) is 21.0. The molecule has 1 atom stereocenters. The van der Waals surface area contributed by atoms with E-state index in [1.807, 2.05) is 19.9 Å². The fourth-order valence-electron chi connectivity index (χ4n) is 1.52. The van der Waals surface area contributed by atoms with Crippen LogP contribution in [0.15, 0.2) is 18.2 Å². The molecule has 1 aromatic carbocycles. The highest BCUT2D eigenvalue weighted by molar-refractivity contribution is 5.95. The largest absolute Gasteiger partial charge is 0.391 e. The van der Waals surface area contributed by atoms with Gasteiger partial charge in [0.1, 0.15) is 0 Å². The molecule has 0 saturated heterocycles. The Morgan fingerprint density at radius 1 is 1.50 bits per heavy atom. The van der Waals surface area contributed by atoms with Crippen molar-refractivity contribution in [3.8, 4) is 6.07 Å². The van der Waals surface area contributed by atoms with Crippen LogP contribution in [-0.4, -0.2) is 23.7 Å². The smallest absolute Gasteiger partial charge is 0.251 e. The molecule has 4 nitrogen and oxygen atoms in total. The maximum atomic E-state index is 11.9. The predicted molar refractivity (Wildman–Crippen MR) is 69.1 cm³/mol. The summed E-state index contributed by atoms with van der Waals surface area (Å²) >= 11 is 0. The Labute approximate surface area is 107 Å². The van der Waals surface area contributed by atoms with Crippen LogP contribution in [0.25, 0.3) is 0 Å². The lowest BCUT2D eigenvalue weighted by molar-refractivity contribution is 0.0871. The number of nitrogens with one attached hydrogen (secondary N) is 1. The SMILES string of the molecule is Cc1cc(C#N)ccc1C(=O)NCC(O)C(C)C. The number of aliphatic hydroxyl groups is 1. The van der Waals surface area contributed by atoms with Gasteiger partial charge in [-0.15, -0.1) is 0 Å². The van der Waals surface area contributed by atoms with Gasteiger partial charge in [-0.05, 0) is 36.6 Å². The summed E-state index contributed by atoms with van der Waals surface area (Å²) in [6.07, 6.45) is -0.548. The molecule has 1 rings (SSSR count). The number of nitrogens with zero attached hydrogens (tertiary/aromatic N) is 1. The van der Waals surface area contributed by atoms with Gasteiger partial charge in [0.05, 0.1) is 17.7 Å². The van der Waals surface area contributed by atoms with E-state index in [2.05, 4.69) is 5.32 Å². The lowest BCUT2D eigenvalue weighted by Gasteiger charge is -2.15. The van der Waals surface area contributed by atoms with E-state index in [1.165, 1.54) is 0 Å². The van der Waals surface area contributed by atoms with E-state index in [1.54, 1.807) is 25.1 Å². The predicted octanol–water partition coefficient (Wildman–Crippen LogP) is 1.61. The number of carbonyl (C=O) groups excluding carboxylic acids is 1. The number of hydrogen-bond acceptors (Lipinski definition) is 3. The lowest BCUT2D eigenvalue weighted by atomic mass is 10.0. The third-order valence-corrected chi connectivity index (χ3v) is 2.84. The normalized spacial score (nSPS) is 12.0. The molecule has 0 spiro atoms. The first-order chi connectivity index (χ1) is 8.45. The van der Waals surface area contributed by atoms with Gasteiger partial charge < -0.3 is 10.4 Å². The minimum absolute atomic E-state index is 0.104. The van der Waals surface area contributed by atoms with Crippen molar-refractivity contribution in [1.82, 2.24) is 5.32 Å². The highest BCUT2D eigenvalue weighted by Crippen LogP contribution is 2.10. The number of hydrogen-bond donors (Lipinski definition) is 2. The molecule has 18 heavy (non-hydrogen) atoms. The van der Waals surface area contributed by atoms with Crippen molar-refractivity contribution in [3.05, 3.63) is 34.9 Å². The van der Waals surface area contributed by atoms with Crippen LogP contribution in [0.3, 0.4) is 0 Å². The molecule has 0 saturated carbocycles. The van der Waals surface area contributed by atoms with Gasteiger partial charge in [0.25, 0.3) is 5.91 Å². The van der Waals surface area contributed by atoms with Crippen LogP contribution in [0.4, 0.5) is 0 Å². The zero-order valence-corrected chi connectivity index (χ0v) is 10.9. The molecule has 0 aromatic heterocycles. The molecule has 1 amide bonds. The zero-order chi connectivity index (χ0) is 13.7. The van der Waals surface area contributed by atoms with E-state index in [0.717, 1.165) is 5.56 Å². The van der Waals surface area contributed by atoms with Gasteiger partial charge in [-0.1, -0.05) is 13.8 Å². The van der Waals surface area contributed by atoms with Crippen molar-refractivity contribution in [1.29, 1.82) is 5.26 Å². The van der Waals surface area contributed by atoms with E-state index in [-0.39, 0.29) is 18.4 Å². The summed E-state index contributed by atoms with van der Waals surface area (Å²) in [6, 6.07) is 6.94. The fraction of sp³-hybridized carbons (Fsp3) is 0.429. The van der Waals surface area contributed by atoms with Crippen molar-refractivity contribution in [2.75, 3.05) is 6.54 Å². The number of nitriles is 1. The Bertz CT molecular complexity index is 475. The first-order valence-electron chi connectivity index (χ1n) is 5.92. The molecule has 0 aliphatic heterocycles. The van der Waals surface area contributed by atoms with Gasteiger partial charge in [0, 0.05) is 12.1 Å². The number of aryl methyl sites for hydroxylation is 1. The standard InChI is InChI=1S/C14H18N2O2/c1-9(2)13(17)8-16-14(18)12-5-4-11(7-15)6-10(12)3/h4-6,9,13,17H,8H2,1-3H3,(H,16,18). The molecule has 1 unspecified atom stereocenters. The van der Waals surface area contributed by atoms with Gasteiger partial charge in [-0.25, -0.2) is 0 Å². The van der Waals surface area contributed by atoms with Crippen molar-refractivity contribution < 1.29 is 9.90 Å². The lowest BCUT2D eigenvalue weighted by Crippen LogP contribution is -2.35. The Balaban J connectivity index is 2.71. The summed E-state index contributed by atoms with van der Waals surface area (Å²) in [5.41, 5.74) is 1.82. The average molecular weight is 246 g/mol. The fourth-order valence-corrected chi connectivity index (χ4v) is 1.52. The summed E-state index contributed by atoms with van der Waals surface area (Å²) in [5.74, 6) is -0.121. The molecule has 0 aliphatic rings. The third-order valence-electron chi connectivity index (χ3n) is 2.84. The second-order valence-corrected chi connectivity index (χ2v) is 4.66. The summed E-state index contributed by atoms with van der Waals surface area (Å²) in [7, 11) is 0. The van der Waals surface area contributed by atoms with Gasteiger partial charge in [-0.2, -0.15) is 5.26 Å². The first-order valence-corrected chi connectivity index (χ1v) is 5.92. The van der Waals surface area contributed by atoms with Crippen molar-refractivity contribution in [2.24, 2.45) is 5.92 Å². The van der Waals surface area contributed by atoms with Crippen LogP contribution >= 0.6 is 0 Å². The number of rotatable bonds is 4. The van der Waals surface area contributed by atoms with E-state index < -0.39 is 6.10 Å². The highest BCUT2D eigenvalue weighted by Gasteiger charge is 2.13. The van der Waals surface area contributed by atoms with Crippen molar-refractivity contribution in [2.45, 2.75) is 26.9 Å².